The predicted molar refractivity (Wildman–Crippen MR) is 55.9 cm³/mol. The fraction of sp³-hybridized carbons (Fsp3) is 0.700. The molecule has 6 nitrogen and oxygen atoms in total. The zero-order valence-electron chi connectivity index (χ0n) is 9.23. The molecule has 16 heavy (non-hydrogen) atoms. The van der Waals surface area contributed by atoms with Crippen molar-refractivity contribution in [3.05, 3.63) is 16.4 Å². The molecule has 1 N–H and O–H groups in total. The molecule has 1 aromatic heterocycles. The van der Waals surface area contributed by atoms with Crippen LogP contribution < -0.4 is 11.1 Å². The number of aromatic nitrogens is 2. The normalized spacial score (nSPS) is 16.6. The van der Waals surface area contributed by atoms with E-state index in [4.69, 9.17) is 0 Å². The third kappa shape index (κ3) is 2.32. The van der Waals surface area contributed by atoms with Gasteiger partial charge >= 0.3 is 5.76 Å². The lowest BCUT2D eigenvalue weighted by atomic mass is 10.2. The Hall–Kier alpha value is -1.59. The predicted octanol–water partition coefficient (Wildman–Crippen LogP) is 0.204. The van der Waals surface area contributed by atoms with Crippen LogP contribution in [0.5, 0.6) is 0 Å². The number of nitrogens with zero attached hydrogens (tertiary/aromatic N) is 2. The second-order valence-electron chi connectivity index (χ2n) is 4.13. The van der Waals surface area contributed by atoms with Crippen LogP contribution in [0.1, 0.15) is 31.5 Å². The molecule has 0 atom stereocenters. The standard InChI is InChI=1S/C10H15N3O3/c1-7-12-16-10(15)13(7)6-9(14)11-8-4-2-3-5-8/h8H,2-6H2,1H3,(H,11,14). The molecule has 2 rings (SSSR count). The van der Waals surface area contributed by atoms with E-state index in [1.54, 1.807) is 6.92 Å². The Balaban J connectivity index is 1.94. The van der Waals surface area contributed by atoms with Crippen molar-refractivity contribution in [3.63, 3.8) is 0 Å². The lowest BCUT2D eigenvalue weighted by Crippen LogP contribution is -2.37. The van der Waals surface area contributed by atoms with Crippen LogP contribution in [0.4, 0.5) is 0 Å². The van der Waals surface area contributed by atoms with Crippen LogP contribution in [0.2, 0.25) is 0 Å². The summed E-state index contributed by atoms with van der Waals surface area (Å²) in [6.07, 6.45) is 4.39. The highest BCUT2D eigenvalue weighted by Crippen LogP contribution is 2.17. The lowest BCUT2D eigenvalue weighted by Gasteiger charge is -2.11. The van der Waals surface area contributed by atoms with Gasteiger partial charge < -0.3 is 5.32 Å². The molecule has 88 valence electrons. The second kappa shape index (κ2) is 4.51. The molecule has 6 heteroatoms. The molecule has 0 unspecified atom stereocenters. The van der Waals surface area contributed by atoms with Crippen LogP contribution in [0.15, 0.2) is 9.32 Å². The van der Waals surface area contributed by atoms with E-state index in [1.165, 1.54) is 4.57 Å². The molecule has 1 aliphatic rings. The van der Waals surface area contributed by atoms with E-state index in [-0.39, 0.29) is 18.5 Å². The summed E-state index contributed by atoms with van der Waals surface area (Å²) in [5.41, 5.74) is 0. The summed E-state index contributed by atoms with van der Waals surface area (Å²) in [6.45, 7) is 1.62. The average molecular weight is 225 g/mol. The van der Waals surface area contributed by atoms with Crippen LogP contribution in [-0.2, 0) is 11.3 Å². The van der Waals surface area contributed by atoms with Gasteiger partial charge in [0, 0.05) is 6.04 Å². The Kier molecular flexibility index (Phi) is 3.07. The Morgan fingerprint density at radius 3 is 2.81 bits per heavy atom. The third-order valence-electron chi connectivity index (χ3n) is 2.89. The molecule has 1 fully saturated rings. The quantitative estimate of drug-likeness (QED) is 0.797. The highest BCUT2D eigenvalue weighted by Gasteiger charge is 2.18. The molecule has 0 saturated heterocycles. The van der Waals surface area contributed by atoms with E-state index in [9.17, 15) is 9.59 Å². The van der Waals surface area contributed by atoms with Crippen LogP contribution in [0.3, 0.4) is 0 Å². The van der Waals surface area contributed by atoms with E-state index in [1.807, 2.05) is 0 Å². The first-order valence-electron chi connectivity index (χ1n) is 5.49. The minimum absolute atomic E-state index is 0.00926. The molecule has 0 aromatic carbocycles. The molecule has 1 heterocycles. The maximum absolute atomic E-state index is 11.6. The van der Waals surface area contributed by atoms with E-state index in [2.05, 4.69) is 15.0 Å². The van der Waals surface area contributed by atoms with E-state index < -0.39 is 5.76 Å². The van der Waals surface area contributed by atoms with Gasteiger partial charge in [-0.25, -0.2) is 4.79 Å². The van der Waals surface area contributed by atoms with Crippen molar-refractivity contribution in [1.29, 1.82) is 0 Å². The van der Waals surface area contributed by atoms with Crippen molar-refractivity contribution >= 4 is 5.91 Å². The fourth-order valence-corrected chi connectivity index (χ4v) is 2.00. The highest BCUT2D eigenvalue weighted by molar-refractivity contribution is 5.76. The summed E-state index contributed by atoms with van der Waals surface area (Å²) in [6, 6.07) is 0.267. The Morgan fingerprint density at radius 1 is 1.56 bits per heavy atom. The van der Waals surface area contributed by atoms with Gasteiger partial charge in [0.2, 0.25) is 5.91 Å². The van der Waals surface area contributed by atoms with Gasteiger partial charge in [-0.15, -0.1) is 0 Å². The molecule has 0 radical (unpaired) electrons. The van der Waals surface area contributed by atoms with Crippen molar-refractivity contribution in [2.45, 2.75) is 45.2 Å². The first-order chi connectivity index (χ1) is 7.66. The molecule has 1 aromatic rings. The van der Waals surface area contributed by atoms with E-state index >= 15 is 0 Å². The number of carbonyl (C=O) groups excluding carboxylic acids is 1. The van der Waals surface area contributed by atoms with Crippen LogP contribution >= 0.6 is 0 Å². The van der Waals surface area contributed by atoms with Crippen molar-refractivity contribution in [2.75, 3.05) is 0 Å². The van der Waals surface area contributed by atoms with Crippen molar-refractivity contribution in [1.82, 2.24) is 15.0 Å². The molecule has 0 spiro atoms. The SMILES string of the molecule is Cc1noc(=O)n1CC(=O)NC1CCCC1. The summed E-state index contributed by atoms with van der Waals surface area (Å²) >= 11 is 0. The Labute approximate surface area is 92.6 Å². The lowest BCUT2D eigenvalue weighted by molar-refractivity contribution is -0.122. The van der Waals surface area contributed by atoms with Gasteiger partial charge in [0.25, 0.3) is 0 Å². The largest absolute Gasteiger partial charge is 0.442 e. The van der Waals surface area contributed by atoms with Gasteiger partial charge in [0.1, 0.15) is 6.54 Å². The summed E-state index contributed by atoms with van der Waals surface area (Å²) in [7, 11) is 0. The number of hydrogen-bond donors (Lipinski definition) is 1. The van der Waals surface area contributed by atoms with E-state index in [0.29, 0.717) is 5.82 Å². The topological polar surface area (TPSA) is 77.1 Å². The maximum atomic E-state index is 11.6. The number of rotatable bonds is 3. The zero-order chi connectivity index (χ0) is 11.5. The van der Waals surface area contributed by atoms with Gasteiger partial charge in [0.15, 0.2) is 5.82 Å². The Morgan fingerprint density at radius 2 is 2.25 bits per heavy atom. The van der Waals surface area contributed by atoms with Crippen molar-refractivity contribution in [3.8, 4) is 0 Å². The van der Waals surface area contributed by atoms with Gasteiger partial charge in [-0.05, 0) is 19.8 Å². The molecule has 1 saturated carbocycles. The van der Waals surface area contributed by atoms with Gasteiger partial charge in [-0.1, -0.05) is 18.0 Å². The monoisotopic (exact) mass is 225 g/mol. The first kappa shape index (κ1) is 10.9. The Bertz CT molecular complexity index is 429. The minimum Gasteiger partial charge on any atom is -0.352 e. The smallest absolute Gasteiger partial charge is 0.352 e. The van der Waals surface area contributed by atoms with Gasteiger partial charge in [-0.3, -0.25) is 13.9 Å². The van der Waals surface area contributed by atoms with Crippen molar-refractivity contribution in [2.24, 2.45) is 0 Å². The molecule has 1 aliphatic carbocycles. The number of hydrogen-bond acceptors (Lipinski definition) is 4. The maximum Gasteiger partial charge on any atom is 0.442 e. The average Bonchev–Trinajstić information content (AvgIpc) is 2.83. The van der Waals surface area contributed by atoms with Crippen molar-refractivity contribution < 1.29 is 9.32 Å². The van der Waals surface area contributed by atoms with Gasteiger partial charge in [0.05, 0.1) is 0 Å². The number of aryl methyl sites for hydroxylation is 1. The molecular formula is C10H15N3O3. The highest BCUT2D eigenvalue weighted by atomic mass is 16.5. The summed E-state index contributed by atoms with van der Waals surface area (Å²) in [5.74, 6) is -0.314. The molecular weight excluding hydrogens is 210 g/mol. The molecule has 0 aliphatic heterocycles. The van der Waals surface area contributed by atoms with E-state index in [0.717, 1.165) is 25.7 Å². The zero-order valence-corrected chi connectivity index (χ0v) is 9.23. The van der Waals surface area contributed by atoms with Crippen LogP contribution in [0.25, 0.3) is 0 Å². The number of amides is 1. The molecule has 1 amide bonds. The van der Waals surface area contributed by atoms with Crippen LogP contribution in [0, 0.1) is 6.92 Å². The van der Waals surface area contributed by atoms with Gasteiger partial charge in [-0.2, -0.15) is 0 Å². The third-order valence-corrected chi connectivity index (χ3v) is 2.89. The van der Waals surface area contributed by atoms with Crippen LogP contribution in [-0.4, -0.2) is 21.7 Å². The fourth-order valence-electron chi connectivity index (χ4n) is 2.00. The molecule has 0 bridgehead atoms. The number of nitrogens with one attached hydrogen (secondary N) is 1. The second-order valence-corrected chi connectivity index (χ2v) is 4.13. The summed E-state index contributed by atoms with van der Waals surface area (Å²) in [4.78, 5) is 22.8. The summed E-state index contributed by atoms with van der Waals surface area (Å²) < 4.78 is 5.67. The number of carbonyl (C=O) groups is 1. The minimum atomic E-state index is -0.584. The first-order valence-corrected chi connectivity index (χ1v) is 5.49. The summed E-state index contributed by atoms with van der Waals surface area (Å²) in [5, 5.41) is 6.40.